The van der Waals surface area contributed by atoms with E-state index in [1.54, 1.807) is 18.5 Å². The lowest BCUT2D eigenvalue weighted by atomic mass is 10.1. The maximum absolute atomic E-state index is 13.2. The number of imidazole rings is 1. The first-order chi connectivity index (χ1) is 17.0. The first-order valence-electron chi connectivity index (χ1n) is 11.9. The fourth-order valence-corrected chi connectivity index (χ4v) is 4.52. The van der Waals surface area contributed by atoms with Crippen molar-refractivity contribution in [2.24, 2.45) is 0 Å². The van der Waals surface area contributed by atoms with Crippen LogP contribution in [0.15, 0.2) is 53.6 Å². The number of aromatic amines is 1. The maximum Gasteiger partial charge on any atom is 0.224 e. The average molecular weight is 473 g/mol. The van der Waals surface area contributed by atoms with E-state index in [1.165, 1.54) is 0 Å². The third-order valence-corrected chi connectivity index (χ3v) is 6.37. The van der Waals surface area contributed by atoms with Crippen LogP contribution < -0.4 is 16.5 Å². The molecule has 0 aliphatic carbocycles. The summed E-state index contributed by atoms with van der Waals surface area (Å²) in [6.45, 7) is 3.84. The Bertz CT molecular complexity index is 1400. The molecule has 1 aliphatic rings. The molecular formula is C26H28N6O3. The lowest BCUT2D eigenvalue weighted by Gasteiger charge is -2.15. The number of anilines is 1. The number of nitrogens with one attached hydrogen (secondary N) is 2. The van der Waals surface area contributed by atoms with Crippen LogP contribution in [-0.4, -0.2) is 44.7 Å². The summed E-state index contributed by atoms with van der Waals surface area (Å²) in [6.07, 6.45) is 5.73. The van der Waals surface area contributed by atoms with Gasteiger partial charge in [0.1, 0.15) is 22.9 Å². The molecule has 0 spiro atoms. The van der Waals surface area contributed by atoms with E-state index in [0.717, 1.165) is 36.3 Å². The van der Waals surface area contributed by atoms with E-state index >= 15 is 0 Å². The van der Waals surface area contributed by atoms with Gasteiger partial charge in [0.05, 0.1) is 23.6 Å². The Labute approximate surface area is 202 Å². The largest absolute Gasteiger partial charge is 0.384 e. The minimum Gasteiger partial charge on any atom is -0.384 e. The molecule has 35 heavy (non-hydrogen) atoms. The molecule has 0 radical (unpaired) electrons. The van der Waals surface area contributed by atoms with E-state index in [1.807, 2.05) is 41.8 Å². The Kier molecular flexibility index (Phi) is 6.33. The zero-order chi connectivity index (χ0) is 24.4. The van der Waals surface area contributed by atoms with Crippen LogP contribution in [0.1, 0.15) is 25.3 Å². The van der Waals surface area contributed by atoms with Crippen LogP contribution in [0, 0.1) is 0 Å². The number of carbonyl (C=O) groups is 1. The smallest absolute Gasteiger partial charge is 0.224 e. The number of nitrogen functional groups attached to an aromatic ring is 1. The van der Waals surface area contributed by atoms with Crippen molar-refractivity contribution in [1.82, 2.24) is 24.8 Å². The second kappa shape index (κ2) is 9.71. The number of amides is 1. The monoisotopic (exact) mass is 472 g/mol. The minimum absolute atomic E-state index is 0.0214. The molecule has 180 valence electrons. The molecular weight excluding hydrogens is 444 g/mol. The number of ether oxygens (including phenoxy) is 1. The van der Waals surface area contributed by atoms with Gasteiger partial charge in [-0.3, -0.25) is 9.59 Å². The van der Waals surface area contributed by atoms with Crippen molar-refractivity contribution in [1.29, 1.82) is 0 Å². The van der Waals surface area contributed by atoms with Gasteiger partial charge in [0.15, 0.2) is 0 Å². The van der Waals surface area contributed by atoms with Crippen molar-refractivity contribution in [3.05, 3.63) is 64.6 Å². The standard InChI is InChI=1S/C26H28N6O3/c1-2-32-24(27)22(25-28-11-12-29-25)23(34)19-9-10-20(31-26(19)32)17-7-5-16(6-8-17)14-21(33)30-15-18-4-3-13-35-18/h5-12,18H,2-4,13-15,27H2,1H3,(H,28,29)(H,30,33). The molecule has 1 saturated heterocycles. The van der Waals surface area contributed by atoms with E-state index in [4.69, 9.17) is 15.5 Å². The molecule has 1 unspecified atom stereocenters. The molecule has 1 fully saturated rings. The van der Waals surface area contributed by atoms with E-state index in [2.05, 4.69) is 15.3 Å². The molecule has 4 aromatic rings. The Balaban J connectivity index is 1.39. The van der Waals surface area contributed by atoms with Crippen LogP contribution in [0.25, 0.3) is 33.7 Å². The van der Waals surface area contributed by atoms with Gasteiger partial charge >= 0.3 is 0 Å². The summed E-state index contributed by atoms with van der Waals surface area (Å²) in [5.41, 5.74) is 9.58. The minimum atomic E-state index is -0.208. The van der Waals surface area contributed by atoms with Crippen molar-refractivity contribution >= 4 is 22.8 Å². The highest BCUT2D eigenvalue weighted by molar-refractivity contribution is 5.87. The molecule has 5 rings (SSSR count). The van der Waals surface area contributed by atoms with Gasteiger partial charge in [0.2, 0.25) is 11.3 Å². The molecule has 4 heterocycles. The molecule has 9 nitrogen and oxygen atoms in total. The lowest BCUT2D eigenvalue weighted by Crippen LogP contribution is -2.32. The molecule has 0 bridgehead atoms. The Morgan fingerprint density at radius 3 is 2.77 bits per heavy atom. The number of H-pyrrole nitrogens is 1. The molecule has 0 saturated carbocycles. The molecule has 9 heteroatoms. The molecule has 1 aromatic carbocycles. The summed E-state index contributed by atoms with van der Waals surface area (Å²) in [4.78, 5) is 37.5. The van der Waals surface area contributed by atoms with Gasteiger partial charge in [-0.1, -0.05) is 24.3 Å². The molecule has 4 N–H and O–H groups in total. The van der Waals surface area contributed by atoms with Crippen LogP contribution in [0.5, 0.6) is 0 Å². The fourth-order valence-electron chi connectivity index (χ4n) is 4.52. The van der Waals surface area contributed by atoms with Crippen LogP contribution in [0.2, 0.25) is 0 Å². The Hall–Kier alpha value is -3.98. The van der Waals surface area contributed by atoms with Crippen LogP contribution >= 0.6 is 0 Å². The number of aromatic nitrogens is 4. The Morgan fingerprint density at radius 2 is 2.09 bits per heavy atom. The fraction of sp³-hybridized carbons (Fsp3) is 0.308. The summed E-state index contributed by atoms with van der Waals surface area (Å²) in [5, 5.41) is 3.43. The zero-order valence-corrected chi connectivity index (χ0v) is 19.6. The van der Waals surface area contributed by atoms with E-state index in [9.17, 15) is 9.59 Å². The number of fused-ring (bicyclic) bond motifs is 1. The van der Waals surface area contributed by atoms with Crippen LogP contribution in [0.4, 0.5) is 5.82 Å². The summed E-state index contributed by atoms with van der Waals surface area (Å²) in [5.74, 6) is 0.747. The summed E-state index contributed by atoms with van der Waals surface area (Å²) in [6, 6.07) is 11.3. The predicted octanol–water partition coefficient (Wildman–Crippen LogP) is 2.89. The number of aryl methyl sites for hydroxylation is 1. The van der Waals surface area contributed by atoms with E-state index in [0.29, 0.717) is 47.7 Å². The first-order valence-corrected chi connectivity index (χ1v) is 11.9. The number of rotatable bonds is 7. The number of benzene rings is 1. The predicted molar refractivity (Wildman–Crippen MR) is 135 cm³/mol. The molecule has 1 atom stereocenters. The van der Waals surface area contributed by atoms with Gasteiger partial charge in [-0.05, 0) is 37.5 Å². The third-order valence-electron chi connectivity index (χ3n) is 6.37. The number of pyridine rings is 2. The van der Waals surface area contributed by atoms with Crippen molar-refractivity contribution in [3.63, 3.8) is 0 Å². The number of hydrogen-bond acceptors (Lipinski definition) is 6. The maximum atomic E-state index is 13.2. The SMILES string of the molecule is CCn1c(N)c(-c2ncc[nH]2)c(=O)c2ccc(-c3ccc(CC(=O)NCC4CCCO4)cc3)nc21. The van der Waals surface area contributed by atoms with Crippen molar-refractivity contribution in [2.75, 3.05) is 18.9 Å². The Morgan fingerprint density at radius 1 is 1.26 bits per heavy atom. The summed E-state index contributed by atoms with van der Waals surface area (Å²) >= 11 is 0. The van der Waals surface area contributed by atoms with E-state index < -0.39 is 0 Å². The summed E-state index contributed by atoms with van der Waals surface area (Å²) < 4.78 is 7.37. The molecule has 1 amide bonds. The number of hydrogen-bond donors (Lipinski definition) is 3. The number of nitrogens with two attached hydrogens (primary N) is 1. The first kappa shape index (κ1) is 22.8. The van der Waals surface area contributed by atoms with Crippen molar-refractivity contribution in [3.8, 4) is 22.6 Å². The lowest BCUT2D eigenvalue weighted by molar-refractivity contribution is -0.120. The topological polar surface area (TPSA) is 128 Å². The average Bonchev–Trinajstić information content (AvgIpc) is 3.58. The van der Waals surface area contributed by atoms with Gasteiger partial charge in [0, 0.05) is 37.7 Å². The zero-order valence-electron chi connectivity index (χ0n) is 19.6. The van der Waals surface area contributed by atoms with Crippen LogP contribution in [0.3, 0.4) is 0 Å². The van der Waals surface area contributed by atoms with Gasteiger partial charge in [0.25, 0.3) is 0 Å². The number of carbonyl (C=O) groups excluding carboxylic acids is 1. The summed E-state index contributed by atoms with van der Waals surface area (Å²) in [7, 11) is 0. The van der Waals surface area contributed by atoms with E-state index in [-0.39, 0.29) is 17.4 Å². The third kappa shape index (κ3) is 4.54. The van der Waals surface area contributed by atoms with Crippen LogP contribution in [-0.2, 0) is 22.5 Å². The highest BCUT2D eigenvalue weighted by Crippen LogP contribution is 2.26. The number of nitrogens with zero attached hydrogens (tertiary/aromatic N) is 3. The normalized spacial score (nSPS) is 15.5. The van der Waals surface area contributed by atoms with Gasteiger partial charge in [-0.2, -0.15) is 0 Å². The van der Waals surface area contributed by atoms with Gasteiger partial charge < -0.3 is 25.3 Å². The highest BCUT2D eigenvalue weighted by atomic mass is 16.5. The quantitative estimate of drug-likeness (QED) is 0.379. The molecule has 3 aromatic heterocycles. The van der Waals surface area contributed by atoms with Crippen molar-refractivity contribution < 1.29 is 9.53 Å². The van der Waals surface area contributed by atoms with Gasteiger partial charge in [-0.25, -0.2) is 9.97 Å². The molecule has 1 aliphatic heterocycles. The van der Waals surface area contributed by atoms with Crippen molar-refractivity contribution in [2.45, 2.75) is 38.8 Å². The second-order valence-electron chi connectivity index (χ2n) is 8.65. The highest BCUT2D eigenvalue weighted by Gasteiger charge is 2.19. The second-order valence-corrected chi connectivity index (χ2v) is 8.65. The van der Waals surface area contributed by atoms with Gasteiger partial charge in [-0.15, -0.1) is 0 Å².